The fraction of sp³-hybridized carbons (Fsp3) is 0.200. The summed E-state index contributed by atoms with van der Waals surface area (Å²) in [6, 6.07) is 14.3. The van der Waals surface area contributed by atoms with E-state index in [4.69, 9.17) is 0 Å². The van der Waals surface area contributed by atoms with E-state index < -0.39 is 6.23 Å². The molecule has 0 saturated heterocycles. The molecule has 0 amide bonds. The van der Waals surface area contributed by atoms with Crippen molar-refractivity contribution in [1.29, 1.82) is 0 Å². The standard InChI is InChI=1S/C20H20N4O/c1-14-10-17(12-23(2)20(14)25)16-8-9-18-21-22-19(24(18)13-16)11-15-6-4-3-5-7-15/h3-10,12-13,20,25H,11H2,1-2H3. The molecular formula is C20H20N4O. The Bertz CT molecular complexity index is 972. The largest absolute Gasteiger partial charge is 0.370 e. The van der Waals surface area contributed by atoms with Gasteiger partial charge in [-0.3, -0.25) is 4.40 Å². The molecule has 1 atom stereocenters. The van der Waals surface area contributed by atoms with Crippen molar-refractivity contribution < 1.29 is 5.11 Å². The van der Waals surface area contributed by atoms with Gasteiger partial charge in [-0.1, -0.05) is 30.3 Å². The molecule has 25 heavy (non-hydrogen) atoms. The van der Waals surface area contributed by atoms with Crippen LogP contribution >= 0.6 is 0 Å². The molecule has 5 nitrogen and oxygen atoms in total. The summed E-state index contributed by atoms with van der Waals surface area (Å²) in [7, 11) is 1.87. The lowest BCUT2D eigenvalue weighted by Crippen LogP contribution is -2.30. The van der Waals surface area contributed by atoms with Crippen molar-refractivity contribution in [2.45, 2.75) is 19.6 Å². The van der Waals surface area contributed by atoms with Crippen LogP contribution in [0, 0.1) is 0 Å². The van der Waals surface area contributed by atoms with E-state index in [0.717, 1.165) is 34.6 Å². The van der Waals surface area contributed by atoms with Crippen LogP contribution in [0.4, 0.5) is 0 Å². The van der Waals surface area contributed by atoms with Crippen molar-refractivity contribution in [3.63, 3.8) is 0 Å². The number of nitrogens with zero attached hydrogens (tertiary/aromatic N) is 4. The summed E-state index contributed by atoms with van der Waals surface area (Å²) in [6.07, 6.45) is 6.22. The Hall–Kier alpha value is -2.92. The first-order chi connectivity index (χ1) is 12.1. The molecule has 0 fully saturated rings. The van der Waals surface area contributed by atoms with Gasteiger partial charge in [-0.2, -0.15) is 0 Å². The van der Waals surface area contributed by atoms with E-state index in [-0.39, 0.29) is 0 Å². The molecule has 1 unspecified atom stereocenters. The summed E-state index contributed by atoms with van der Waals surface area (Å²) >= 11 is 0. The van der Waals surface area contributed by atoms with E-state index in [1.807, 2.05) is 65.9 Å². The molecule has 1 aromatic carbocycles. The molecule has 0 radical (unpaired) electrons. The molecule has 1 aliphatic rings. The van der Waals surface area contributed by atoms with Crippen LogP contribution in [0.15, 0.2) is 66.5 Å². The third kappa shape index (κ3) is 2.94. The Morgan fingerprint density at radius 1 is 1.08 bits per heavy atom. The zero-order chi connectivity index (χ0) is 17.4. The summed E-state index contributed by atoms with van der Waals surface area (Å²) in [5.41, 5.74) is 5.09. The highest BCUT2D eigenvalue weighted by Gasteiger charge is 2.17. The first kappa shape index (κ1) is 15.6. The van der Waals surface area contributed by atoms with Gasteiger partial charge < -0.3 is 10.0 Å². The van der Waals surface area contributed by atoms with E-state index in [1.54, 1.807) is 0 Å². The van der Waals surface area contributed by atoms with E-state index in [1.165, 1.54) is 5.56 Å². The van der Waals surface area contributed by atoms with Crippen LogP contribution in [0.3, 0.4) is 0 Å². The molecule has 126 valence electrons. The molecule has 1 aliphatic heterocycles. The Morgan fingerprint density at radius 3 is 2.64 bits per heavy atom. The zero-order valence-corrected chi connectivity index (χ0v) is 14.3. The summed E-state index contributed by atoms with van der Waals surface area (Å²) in [6.45, 7) is 1.94. The highest BCUT2D eigenvalue weighted by atomic mass is 16.3. The third-order valence-electron chi connectivity index (χ3n) is 4.53. The average Bonchev–Trinajstić information content (AvgIpc) is 3.02. The lowest BCUT2D eigenvalue weighted by Gasteiger charge is -2.27. The Labute approximate surface area is 146 Å². The predicted octanol–water partition coefficient (Wildman–Crippen LogP) is 2.87. The van der Waals surface area contributed by atoms with Crippen molar-refractivity contribution in [3.8, 4) is 0 Å². The van der Waals surface area contributed by atoms with Gasteiger partial charge in [0.25, 0.3) is 0 Å². The van der Waals surface area contributed by atoms with Crippen molar-refractivity contribution in [2.75, 3.05) is 7.05 Å². The lowest BCUT2D eigenvalue weighted by atomic mass is 10.0. The second-order valence-electron chi connectivity index (χ2n) is 6.44. The minimum absolute atomic E-state index is 0.559. The van der Waals surface area contributed by atoms with Gasteiger partial charge >= 0.3 is 0 Å². The number of hydrogen-bond acceptors (Lipinski definition) is 4. The quantitative estimate of drug-likeness (QED) is 0.801. The molecule has 0 bridgehead atoms. The van der Waals surface area contributed by atoms with Gasteiger partial charge in [-0.05, 0) is 47.4 Å². The summed E-state index contributed by atoms with van der Waals surface area (Å²) < 4.78 is 2.04. The SMILES string of the molecule is CC1=CC(c2ccc3nnc(Cc4ccccc4)n3c2)=CN(C)C1O. The minimum atomic E-state index is -0.559. The average molecular weight is 332 g/mol. The molecule has 4 rings (SSSR count). The number of rotatable bonds is 3. The van der Waals surface area contributed by atoms with Gasteiger partial charge in [0.15, 0.2) is 5.65 Å². The fourth-order valence-electron chi connectivity index (χ4n) is 3.13. The van der Waals surface area contributed by atoms with Gasteiger partial charge in [0.1, 0.15) is 12.1 Å². The van der Waals surface area contributed by atoms with Gasteiger partial charge in [-0.25, -0.2) is 0 Å². The summed E-state index contributed by atoms with van der Waals surface area (Å²) in [4.78, 5) is 1.81. The lowest BCUT2D eigenvalue weighted by molar-refractivity contribution is 0.0868. The molecule has 3 aromatic rings. The van der Waals surface area contributed by atoms with Crippen LogP contribution in [0.2, 0.25) is 0 Å². The number of likely N-dealkylation sites (N-methyl/N-ethyl adjacent to an activating group) is 1. The van der Waals surface area contributed by atoms with Crippen molar-refractivity contribution in [2.24, 2.45) is 0 Å². The maximum Gasteiger partial charge on any atom is 0.160 e. The highest BCUT2D eigenvalue weighted by molar-refractivity contribution is 5.75. The minimum Gasteiger partial charge on any atom is -0.370 e. The van der Waals surface area contributed by atoms with E-state index in [9.17, 15) is 5.11 Å². The van der Waals surface area contributed by atoms with Crippen LogP contribution < -0.4 is 0 Å². The molecule has 5 heteroatoms. The molecule has 0 saturated carbocycles. The second-order valence-corrected chi connectivity index (χ2v) is 6.44. The molecule has 1 N–H and O–H groups in total. The normalized spacial score (nSPS) is 17.6. The van der Waals surface area contributed by atoms with Gasteiger partial charge in [-0.15, -0.1) is 10.2 Å². The number of allylic oxidation sites excluding steroid dienone is 2. The Morgan fingerprint density at radius 2 is 1.88 bits per heavy atom. The first-order valence-corrected chi connectivity index (χ1v) is 8.30. The van der Waals surface area contributed by atoms with E-state index >= 15 is 0 Å². The second kappa shape index (κ2) is 6.18. The topological polar surface area (TPSA) is 53.7 Å². The van der Waals surface area contributed by atoms with Crippen LogP contribution in [0.1, 0.15) is 23.9 Å². The van der Waals surface area contributed by atoms with Crippen molar-refractivity contribution >= 4 is 11.2 Å². The van der Waals surface area contributed by atoms with Crippen molar-refractivity contribution in [3.05, 3.63) is 83.5 Å². The molecule has 2 aromatic heterocycles. The summed E-state index contributed by atoms with van der Waals surface area (Å²) in [5.74, 6) is 0.911. The number of fused-ring (bicyclic) bond motifs is 1. The fourth-order valence-corrected chi connectivity index (χ4v) is 3.13. The highest BCUT2D eigenvalue weighted by Crippen LogP contribution is 2.25. The Kier molecular flexibility index (Phi) is 3.86. The number of benzene rings is 1. The molecule has 0 aliphatic carbocycles. The maximum atomic E-state index is 10.0. The third-order valence-corrected chi connectivity index (χ3v) is 4.53. The number of aromatic nitrogens is 3. The summed E-state index contributed by atoms with van der Waals surface area (Å²) in [5, 5.41) is 18.7. The number of hydrogen-bond donors (Lipinski definition) is 1. The monoisotopic (exact) mass is 332 g/mol. The number of aliphatic hydroxyl groups is 1. The van der Waals surface area contributed by atoms with Crippen LogP contribution in [-0.4, -0.2) is 37.9 Å². The van der Waals surface area contributed by atoms with Crippen LogP contribution in [-0.2, 0) is 6.42 Å². The molecule has 3 heterocycles. The van der Waals surface area contributed by atoms with E-state index in [0.29, 0.717) is 0 Å². The van der Waals surface area contributed by atoms with Gasteiger partial charge in [0, 0.05) is 25.9 Å². The maximum absolute atomic E-state index is 10.0. The van der Waals surface area contributed by atoms with Crippen LogP contribution in [0.25, 0.3) is 11.2 Å². The van der Waals surface area contributed by atoms with Crippen molar-refractivity contribution in [1.82, 2.24) is 19.5 Å². The van der Waals surface area contributed by atoms with E-state index in [2.05, 4.69) is 28.5 Å². The van der Waals surface area contributed by atoms with Crippen LogP contribution in [0.5, 0.6) is 0 Å². The smallest absolute Gasteiger partial charge is 0.160 e. The number of aliphatic hydroxyl groups excluding tert-OH is 1. The first-order valence-electron chi connectivity index (χ1n) is 8.30. The number of pyridine rings is 1. The zero-order valence-electron chi connectivity index (χ0n) is 14.3. The predicted molar refractivity (Wildman–Crippen MR) is 97.7 cm³/mol. The molecule has 0 spiro atoms. The Balaban J connectivity index is 1.73. The van der Waals surface area contributed by atoms with Gasteiger partial charge in [0.2, 0.25) is 0 Å². The molecular weight excluding hydrogens is 312 g/mol. The van der Waals surface area contributed by atoms with Gasteiger partial charge in [0.05, 0.1) is 0 Å².